The summed E-state index contributed by atoms with van der Waals surface area (Å²) in [6.45, 7) is 2.25. The lowest BCUT2D eigenvalue weighted by Gasteiger charge is -2.15. The van der Waals surface area contributed by atoms with Crippen molar-refractivity contribution in [1.29, 1.82) is 0 Å². The standard InChI is InChI=1S/C25H18Cl2N2O6S/c1-2-34-21-12-16(11-20(27)23(21)35-14-15-3-7-19(8-4-15)29(32)33)13-22-24(30)28(25(31)36-22)18-9-5-17(26)6-10-18/h3-13H,2,14H2,1H3/b22-13+. The number of non-ortho nitro benzene ring substituents is 1. The van der Waals surface area contributed by atoms with Gasteiger partial charge in [0.25, 0.3) is 16.8 Å². The average Bonchev–Trinajstić information content (AvgIpc) is 3.12. The number of anilines is 1. The topological polar surface area (TPSA) is 99.0 Å². The molecule has 0 atom stereocenters. The smallest absolute Gasteiger partial charge is 0.298 e. The van der Waals surface area contributed by atoms with Crippen molar-refractivity contribution in [2.45, 2.75) is 13.5 Å². The molecule has 4 rings (SSSR count). The maximum Gasteiger partial charge on any atom is 0.298 e. The summed E-state index contributed by atoms with van der Waals surface area (Å²) in [5.74, 6) is 0.193. The number of benzene rings is 3. The molecule has 11 heteroatoms. The Hall–Kier alpha value is -3.53. The highest BCUT2D eigenvalue weighted by Crippen LogP contribution is 2.40. The number of carbonyl (C=O) groups excluding carboxylic acids is 2. The first-order chi connectivity index (χ1) is 17.3. The molecule has 1 fully saturated rings. The summed E-state index contributed by atoms with van der Waals surface area (Å²) in [6.07, 6.45) is 1.56. The van der Waals surface area contributed by atoms with E-state index in [1.165, 1.54) is 12.1 Å². The summed E-state index contributed by atoms with van der Waals surface area (Å²) in [4.78, 5) is 37.1. The molecule has 1 saturated heterocycles. The van der Waals surface area contributed by atoms with E-state index < -0.39 is 16.1 Å². The zero-order chi connectivity index (χ0) is 25.8. The zero-order valence-electron chi connectivity index (χ0n) is 18.8. The second kappa shape index (κ2) is 11.0. The fraction of sp³-hybridized carbons (Fsp3) is 0.120. The fourth-order valence-corrected chi connectivity index (χ4v) is 4.62. The van der Waals surface area contributed by atoms with Crippen LogP contribution in [0.3, 0.4) is 0 Å². The van der Waals surface area contributed by atoms with Crippen molar-refractivity contribution in [3.8, 4) is 11.5 Å². The predicted octanol–water partition coefficient (Wildman–Crippen LogP) is 7.12. The van der Waals surface area contributed by atoms with Crippen molar-refractivity contribution < 1.29 is 24.0 Å². The van der Waals surface area contributed by atoms with Crippen molar-refractivity contribution in [3.05, 3.63) is 96.9 Å². The van der Waals surface area contributed by atoms with Crippen molar-refractivity contribution in [1.82, 2.24) is 0 Å². The molecular weight excluding hydrogens is 527 g/mol. The molecule has 0 aliphatic carbocycles. The molecular formula is C25H18Cl2N2O6S. The number of hydrogen-bond acceptors (Lipinski definition) is 7. The Kier molecular flexibility index (Phi) is 7.83. The Bertz CT molecular complexity index is 1360. The molecule has 0 spiro atoms. The molecule has 0 aromatic heterocycles. The van der Waals surface area contributed by atoms with Gasteiger partial charge in [-0.05, 0) is 84.4 Å². The zero-order valence-corrected chi connectivity index (χ0v) is 21.1. The number of halogens is 2. The summed E-state index contributed by atoms with van der Waals surface area (Å²) in [5, 5.41) is 11.2. The number of nitrogens with zero attached hydrogens (tertiary/aromatic N) is 2. The van der Waals surface area contributed by atoms with Gasteiger partial charge in [-0.3, -0.25) is 19.7 Å². The molecule has 1 aliphatic heterocycles. The molecule has 0 unspecified atom stereocenters. The number of carbonyl (C=O) groups is 2. The van der Waals surface area contributed by atoms with Gasteiger partial charge in [0.15, 0.2) is 11.5 Å². The van der Waals surface area contributed by atoms with Crippen LogP contribution in [0.1, 0.15) is 18.1 Å². The van der Waals surface area contributed by atoms with Gasteiger partial charge in [-0.15, -0.1) is 0 Å². The lowest BCUT2D eigenvalue weighted by molar-refractivity contribution is -0.384. The number of thioether (sulfide) groups is 1. The maximum atomic E-state index is 12.9. The van der Waals surface area contributed by atoms with Gasteiger partial charge in [-0.1, -0.05) is 23.2 Å². The fourth-order valence-electron chi connectivity index (χ4n) is 3.38. The Morgan fingerprint density at radius 3 is 2.36 bits per heavy atom. The first-order valence-corrected chi connectivity index (χ1v) is 12.2. The van der Waals surface area contributed by atoms with E-state index in [1.54, 1.807) is 61.5 Å². The number of nitro benzene ring substituents is 1. The molecule has 36 heavy (non-hydrogen) atoms. The van der Waals surface area contributed by atoms with Gasteiger partial charge in [0, 0.05) is 17.2 Å². The molecule has 2 amide bonds. The predicted molar refractivity (Wildman–Crippen MR) is 140 cm³/mol. The monoisotopic (exact) mass is 544 g/mol. The van der Waals surface area contributed by atoms with Gasteiger partial charge >= 0.3 is 0 Å². The van der Waals surface area contributed by atoms with E-state index in [4.69, 9.17) is 32.7 Å². The van der Waals surface area contributed by atoms with Gasteiger partial charge in [0.2, 0.25) is 0 Å². The summed E-state index contributed by atoms with van der Waals surface area (Å²) in [7, 11) is 0. The number of amides is 2. The third kappa shape index (κ3) is 5.64. The molecule has 184 valence electrons. The van der Waals surface area contributed by atoms with E-state index >= 15 is 0 Å². The van der Waals surface area contributed by atoms with Crippen LogP contribution < -0.4 is 14.4 Å². The van der Waals surface area contributed by atoms with Gasteiger partial charge in [-0.25, -0.2) is 4.90 Å². The number of ether oxygens (including phenoxy) is 2. The minimum Gasteiger partial charge on any atom is -0.490 e. The van der Waals surface area contributed by atoms with Crippen molar-refractivity contribution >= 4 is 63.6 Å². The van der Waals surface area contributed by atoms with Gasteiger partial charge in [0.1, 0.15) is 6.61 Å². The van der Waals surface area contributed by atoms with Crippen LogP contribution in [0.2, 0.25) is 10.0 Å². The lowest BCUT2D eigenvalue weighted by atomic mass is 10.1. The van der Waals surface area contributed by atoms with Crippen LogP contribution in [0.4, 0.5) is 16.2 Å². The molecule has 0 bridgehead atoms. The second-order valence-corrected chi connectivity index (χ2v) is 9.31. The summed E-state index contributed by atoms with van der Waals surface area (Å²) >= 11 is 13.2. The third-order valence-electron chi connectivity index (χ3n) is 5.04. The first kappa shape index (κ1) is 25.6. The van der Waals surface area contributed by atoms with Crippen LogP contribution in [-0.4, -0.2) is 22.7 Å². The van der Waals surface area contributed by atoms with Crippen LogP contribution in [-0.2, 0) is 11.4 Å². The van der Waals surface area contributed by atoms with Crippen LogP contribution >= 0.6 is 35.0 Å². The average molecular weight is 545 g/mol. The van der Waals surface area contributed by atoms with E-state index in [1.807, 2.05) is 0 Å². The van der Waals surface area contributed by atoms with Gasteiger partial charge < -0.3 is 9.47 Å². The van der Waals surface area contributed by atoms with Crippen molar-refractivity contribution in [3.63, 3.8) is 0 Å². The highest BCUT2D eigenvalue weighted by molar-refractivity contribution is 8.19. The Morgan fingerprint density at radius 2 is 1.72 bits per heavy atom. The molecule has 8 nitrogen and oxygen atoms in total. The maximum absolute atomic E-state index is 12.9. The quantitative estimate of drug-likeness (QED) is 0.169. The highest BCUT2D eigenvalue weighted by atomic mass is 35.5. The molecule has 3 aromatic rings. The number of nitro groups is 1. The minimum absolute atomic E-state index is 0.0170. The molecule has 1 heterocycles. The van der Waals surface area contributed by atoms with Crippen LogP contribution in [0.5, 0.6) is 11.5 Å². The molecule has 1 aliphatic rings. The normalized spacial score (nSPS) is 14.4. The Labute approximate surface area is 220 Å². The SMILES string of the molecule is CCOc1cc(/C=C2/SC(=O)N(c3ccc(Cl)cc3)C2=O)cc(Cl)c1OCc1ccc([N+](=O)[O-])cc1. The molecule has 0 radical (unpaired) electrons. The number of hydrogen-bond donors (Lipinski definition) is 0. The van der Waals surface area contributed by atoms with E-state index in [-0.39, 0.29) is 22.2 Å². The van der Waals surface area contributed by atoms with Crippen molar-refractivity contribution in [2.75, 3.05) is 11.5 Å². The summed E-state index contributed by atoms with van der Waals surface area (Å²) in [5.41, 5.74) is 1.66. The van der Waals surface area contributed by atoms with E-state index in [0.717, 1.165) is 16.7 Å². The van der Waals surface area contributed by atoms with Crippen LogP contribution in [0, 0.1) is 10.1 Å². The summed E-state index contributed by atoms with van der Waals surface area (Å²) < 4.78 is 11.6. The van der Waals surface area contributed by atoms with Gasteiger partial charge in [-0.2, -0.15) is 0 Å². The van der Waals surface area contributed by atoms with Crippen LogP contribution in [0.25, 0.3) is 6.08 Å². The number of rotatable bonds is 8. The van der Waals surface area contributed by atoms with E-state index in [0.29, 0.717) is 39.9 Å². The molecule has 0 saturated carbocycles. The van der Waals surface area contributed by atoms with Crippen LogP contribution in [0.15, 0.2) is 65.6 Å². The lowest BCUT2D eigenvalue weighted by Crippen LogP contribution is -2.27. The largest absolute Gasteiger partial charge is 0.490 e. The molecule has 3 aromatic carbocycles. The number of imide groups is 1. The van der Waals surface area contributed by atoms with E-state index in [9.17, 15) is 19.7 Å². The third-order valence-corrected chi connectivity index (χ3v) is 6.44. The first-order valence-electron chi connectivity index (χ1n) is 10.6. The van der Waals surface area contributed by atoms with E-state index in [2.05, 4.69) is 0 Å². The second-order valence-electron chi connectivity index (χ2n) is 7.47. The Morgan fingerprint density at radius 1 is 1.03 bits per heavy atom. The highest BCUT2D eigenvalue weighted by Gasteiger charge is 2.36. The Balaban J connectivity index is 1.57. The minimum atomic E-state index is -0.475. The summed E-state index contributed by atoms with van der Waals surface area (Å²) in [6, 6.07) is 15.7. The molecule has 0 N–H and O–H groups in total. The van der Waals surface area contributed by atoms with Gasteiger partial charge in [0.05, 0.1) is 27.1 Å². The van der Waals surface area contributed by atoms with Crippen molar-refractivity contribution in [2.24, 2.45) is 0 Å².